The highest BCUT2D eigenvalue weighted by Gasteiger charge is 2.25. The monoisotopic (exact) mass is 281 g/mol. The molecule has 0 aliphatic carbocycles. The maximum absolute atomic E-state index is 13.8. The standard InChI is InChI=1S/C13H9ClFNO3/c14-7-1-2-8(15)12-11(7)10(13(17)18)6-5-19-4-3-9(6)16-12/h1-2H,3-5H2,(H,17,18). The fraction of sp³-hybridized carbons (Fsp3) is 0.231. The second-order valence-corrected chi connectivity index (χ2v) is 4.68. The third-order valence-corrected chi connectivity index (χ3v) is 3.48. The van der Waals surface area contributed by atoms with Crippen LogP contribution in [-0.4, -0.2) is 22.7 Å². The molecule has 0 fully saturated rings. The van der Waals surface area contributed by atoms with Gasteiger partial charge in [-0.1, -0.05) is 11.6 Å². The molecule has 0 radical (unpaired) electrons. The van der Waals surface area contributed by atoms with Crippen LogP contribution < -0.4 is 0 Å². The lowest BCUT2D eigenvalue weighted by molar-refractivity contribution is 0.0683. The molecule has 0 atom stereocenters. The van der Waals surface area contributed by atoms with Gasteiger partial charge in [-0.2, -0.15) is 0 Å². The predicted octanol–water partition coefficient (Wildman–Crippen LogP) is 2.80. The highest BCUT2D eigenvalue weighted by Crippen LogP contribution is 2.33. The van der Waals surface area contributed by atoms with E-state index in [4.69, 9.17) is 16.3 Å². The summed E-state index contributed by atoms with van der Waals surface area (Å²) in [5, 5.41) is 9.70. The third kappa shape index (κ3) is 1.86. The summed E-state index contributed by atoms with van der Waals surface area (Å²) < 4.78 is 19.1. The van der Waals surface area contributed by atoms with Gasteiger partial charge in [-0.15, -0.1) is 0 Å². The van der Waals surface area contributed by atoms with Gasteiger partial charge in [-0.05, 0) is 12.1 Å². The Morgan fingerprint density at radius 2 is 2.26 bits per heavy atom. The molecular weight excluding hydrogens is 273 g/mol. The van der Waals surface area contributed by atoms with E-state index in [1.807, 2.05) is 0 Å². The Morgan fingerprint density at radius 1 is 1.47 bits per heavy atom. The van der Waals surface area contributed by atoms with E-state index in [0.717, 1.165) is 0 Å². The van der Waals surface area contributed by atoms with Crippen molar-refractivity contribution in [3.63, 3.8) is 0 Å². The van der Waals surface area contributed by atoms with E-state index < -0.39 is 11.8 Å². The van der Waals surface area contributed by atoms with E-state index >= 15 is 0 Å². The van der Waals surface area contributed by atoms with E-state index in [1.165, 1.54) is 12.1 Å². The molecule has 0 bridgehead atoms. The van der Waals surface area contributed by atoms with Crippen molar-refractivity contribution in [2.24, 2.45) is 0 Å². The van der Waals surface area contributed by atoms with E-state index in [9.17, 15) is 14.3 Å². The molecule has 0 spiro atoms. The van der Waals surface area contributed by atoms with Gasteiger partial charge >= 0.3 is 5.97 Å². The van der Waals surface area contributed by atoms with Crippen molar-refractivity contribution in [3.8, 4) is 0 Å². The van der Waals surface area contributed by atoms with Gasteiger partial charge in [0.25, 0.3) is 0 Å². The normalized spacial score (nSPS) is 14.4. The fourth-order valence-electron chi connectivity index (χ4n) is 2.33. The zero-order chi connectivity index (χ0) is 13.6. The Kier molecular flexibility index (Phi) is 2.88. The molecule has 6 heteroatoms. The number of aromatic nitrogens is 1. The van der Waals surface area contributed by atoms with Gasteiger partial charge in [0.15, 0.2) is 0 Å². The van der Waals surface area contributed by atoms with Gasteiger partial charge in [0.1, 0.15) is 11.3 Å². The molecule has 2 aromatic rings. The summed E-state index contributed by atoms with van der Waals surface area (Å²) in [6.45, 7) is 0.611. The molecule has 1 aromatic heterocycles. The molecule has 0 amide bonds. The molecule has 1 aliphatic heterocycles. The van der Waals surface area contributed by atoms with Crippen LogP contribution >= 0.6 is 11.6 Å². The van der Waals surface area contributed by atoms with E-state index in [2.05, 4.69) is 4.98 Å². The summed E-state index contributed by atoms with van der Waals surface area (Å²) in [5.41, 5.74) is 1.05. The molecule has 2 heterocycles. The van der Waals surface area contributed by atoms with Crippen LogP contribution in [0.25, 0.3) is 10.9 Å². The molecule has 1 aromatic carbocycles. The maximum Gasteiger partial charge on any atom is 0.336 e. The Hall–Kier alpha value is -1.72. The fourth-order valence-corrected chi connectivity index (χ4v) is 2.57. The van der Waals surface area contributed by atoms with Crippen molar-refractivity contribution in [2.75, 3.05) is 6.61 Å². The quantitative estimate of drug-likeness (QED) is 0.873. The number of hydrogen-bond donors (Lipinski definition) is 1. The zero-order valence-corrected chi connectivity index (χ0v) is 10.5. The molecule has 3 rings (SSSR count). The Balaban J connectivity index is 2.50. The van der Waals surface area contributed by atoms with E-state index in [1.54, 1.807) is 0 Å². The van der Waals surface area contributed by atoms with Crippen LogP contribution in [0.1, 0.15) is 21.6 Å². The van der Waals surface area contributed by atoms with Crippen LogP contribution in [0.15, 0.2) is 12.1 Å². The third-order valence-electron chi connectivity index (χ3n) is 3.17. The van der Waals surface area contributed by atoms with Crippen molar-refractivity contribution >= 4 is 28.5 Å². The summed E-state index contributed by atoms with van der Waals surface area (Å²) in [7, 11) is 0. The Bertz CT molecular complexity index is 702. The summed E-state index contributed by atoms with van der Waals surface area (Å²) in [6, 6.07) is 2.53. The number of fused-ring (bicyclic) bond motifs is 2. The molecule has 1 N–H and O–H groups in total. The summed E-state index contributed by atoms with van der Waals surface area (Å²) in [6.07, 6.45) is 0.470. The first-order chi connectivity index (χ1) is 9.09. The minimum absolute atomic E-state index is 0.00514. The molecule has 4 nitrogen and oxygen atoms in total. The van der Waals surface area contributed by atoms with Gasteiger partial charge in [0.05, 0.1) is 23.8 Å². The number of carboxylic acids is 1. The van der Waals surface area contributed by atoms with Gasteiger partial charge in [-0.25, -0.2) is 14.2 Å². The van der Waals surface area contributed by atoms with Crippen molar-refractivity contribution in [1.29, 1.82) is 0 Å². The van der Waals surface area contributed by atoms with Crippen LogP contribution in [0.3, 0.4) is 0 Å². The average Bonchev–Trinajstić information content (AvgIpc) is 2.40. The number of aromatic carboxylic acids is 1. The van der Waals surface area contributed by atoms with E-state index in [-0.39, 0.29) is 28.1 Å². The summed E-state index contributed by atoms with van der Waals surface area (Å²) in [5.74, 6) is -1.72. The zero-order valence-electron chi connectivity index (χ0n) is 9.74. The van der Waals surface area contributed by atoms with Crippen molar-refractivity contribution in [3.05, 3.63) is 39.8 Å². The van der Waals surface area contributed by atoms with Crippen LogP contribution in [0, 0.1) is 5.82 Å². The average molecular weight is 282 g/mol. The smallest absolute Gasteiger partial charge is 0.336 e. The van der Waals surface area contributed by atoms with E-state index in [0.29, 0.717) is 24.3 Å². The number of halogens is 2. The number of ether oxygens (including phenoxy) is 1. The largest absolute Gasteiger partial charge is 0.478 e. The van der Waals surface area contributed by atoms with Gasteiger partial charge < -0.3 is 9.84 Å². The second kappa shape index (κ2) is 4.43. The van der Waals surface area contributed by atoms with Crippen molar-refractivity contribution < 1.29 is 19.0 Å². The number of carboxylic acid groups (broad SMARTS) is 1. The van der Waals surface area contributed by atoms with Gasteiger partial charge in [-0.3, -0.25) is 0 Å². The summed E-state index contributed by atoms with van der Waals surface area (Å²) in [4.78, 5) is 15.7. The first-order valence-electron chi connectivity index (χ1n) is 5.70. The van der Waals surface area contributed by atoms with Crippen LogP contribution in [-0.2, 0) is 17.8 Å². The van der Waals surface area contributed by atoms with Gasteiger partial charge in [0.2, 0.25) is 0 Å². The molecule has 0 saturated heterocycles. The van der Waals surface area contributed by atoms with Crippen LogP contribution in [0.4, 0.5) is 4.39 Å². The molecule has 19 heavy (non-hydrogen) atoms. The number of nitrogens with zero attached hydrogens (tertiary/aromatic N) is 1. The topological polar surface area (TPSA) is 59.4 Å². The minimum atomic E-state index is -1.15. The summed E-state index contributed by atoms with van der Waals surface area (Å²) >= 11 is 6.01. The first kappa shape index (κ1) is 12.3. The van der Waals surface area contributed by atoms with Crippen molar-refractivity contribution in [2.45, 2.75) is 13.0 Å². The molecule has 98 valence electrons. The molecule has 0 saturated carbocycles. The first-order valence-corrected chi connectivity index (χ1v) is 6.08. The SMILES string of the molecule is O=C(O)c1c2c(nc3c(F)ccc(Cl)c13)CCOC2. The number of benzene rings is 1. The number of hydrogen-bond acceptors (Lipinski definition) is 3. The number of pyridine rings is 1. The molecule has 1 aliphatic rings. The van der Waals surface area contributed by atoms with Crippen LogP contribution in [0.2, 0.25) is 5.02 Å². The van der Waals surface area contributed by atoms with Crippen molar-refractivity contribution in [1.82, 2.24) is 4.98 Å². The lowest BCUT2D eigenvalue weighted by Gasteiger charge is -2.19. The lowest BCUT2D eigenvalue weighted by atomic mass is 9.98. The number of rotatable bonds is 1. The highest BCUT2D eigenvalue weighted by atomic mass is 35.5. The minimum Gasteiger partial charge on any atom is -0.478 e. The Labute approximate surface area is 112 Å². The maximum atomic E-state index is 13.8. The van der Waals surface area contributed by atoms with Gasteiger partial charge in [0, 0.05) is 23.1 Å². The Morgan fingerprint density at radius 3 is 3.00 bits per heavy atom. The lowest BCUT2D eigenvalue weighted by Crippen LogP contribution is -2.17. The second-order valence-electron chi connectivity index (χ2n) is 4.27. The predicted molar refractivity (Wildman–Crippen MR) is 67.0 cm³/mol. The number of carbonyl (C=O) groups is 1. The van der Waals surface area contributed by atoms with Crippen LogP contribution in [0.5, 0.6) is 0 Å². The molecular formula is C13H9ClFNO3. The molecule has 0 unspecified atom stereocenters. The highest BCUT2D eigenvalue weighted by molar-refractivity contribution is 6.36.